The highest BCUT2D eigenvalue weighted by Gasteiger charge is 2.24. The van der Waals surface area contributed by atoms with E-state index in [1.165, 1.54) is 0 Å². The van der Waals surface area contributed by atoms with Crippen LogP contribution >= 0.6 is 23.2 Å². The third kappa shape index (κ3) is 7.02. The molecule has 3 N–H and O–H groups in total. The minimum Gasteiger partial charge on any atom is -0.428 e. The van der Waals surface area contributed by atoms with Crippen molar-refractivity contribution < 1.29 is 23.9 Å². The molecule has 0 spiro atoms. The number of halogens is 2. The molecular formula is C21H22Cl2N2O5. The lowest BCUT2D eigenvalue weighted by Crippen LogP contribution is -2.37. The molecule has 30 heavy (non-hydrogen) atoms. The first-order chi connectivity index (χ1) is 14.0. The zero-order valence-corrected chi connectivity index (χ0v) is 18.2. The van der Waals surface area contributed by atoms with Gasteiger partial charge in [0.2, 0.25) is 0 Å². The number of nitrogens with two attached hydrogens (primary N) is 1. The first-order valence-electron chi connectivity index (χ1n) is 9.01. The van der Waals surface area contributed by atoms with Gasteiger partial charge in [-0.2, -0.15) is 0 Å². The van der Waals surface area contributed by atoms with Gasteiger partial charge in [0.05, 0.1) is 15.6 Å². The van der Waals surface area contributed by atoms with Crippen LogP contribution in [0.5, 0.6) is 0 Å². The maximum absolute atomic E-state index is 12.4. The Morgan fingerprint density at radius 3 is 2.13 bits per heavy atom. The molecule has 9 heteroatoms. The second-order valence-electron chi connectivity index (χ2n) is 7.44. The lowest BCUT2D eigenvalue weighted by Gasteiger charge is -2.19. The molecule has 160 valence electrons. The van der Waals surface area contributed by atoms with Crippen LogP contribution in [0.25, 0.3) is 0 Å². The van der Waals surface area contributed by atoms with E-state index in [4.69, 9.17) is 33.7 Å². The highest BCUT2D eigenvalue weighted by molar-refractivity contribution is 6.40. The Labute approximate surface area is 184 Å². The molecule has 0 heterocycles. The van der Waals surface area contributed by atoms with Crippen molar-refractivity contribution >= 4 is 46.9 Å². The van der Waals surface area contributed by atoms with Gasteiger partial charge in [0, 0.05) is 5.69 Å². The first kappa shape index (κ1) is 23.7. The Morgan fingerprint density at radius 2 is 1.60 bits per heavy atom. The van der Waals surface area contributed by atoms with E-state index in [1.807, 2.05) is 0 Å². The summed E-state index contributed by atoms with van der Waals surface area (Å²) in [6.07, 6.45) is -0.967. The predicted octanol–water partition coefficient (Wildman–Crippen LogP) is 4.59. The van der Waals surface area contributed by atoms with Gasteiger partial charge in [-0.25, -0.2) is 9.59 Å². The summed E-state index contributed by atoms with van der Waals surface area (Å²) in [5.41, 5.74) is 6.41. The fraction of sp³-hybridized carbons (Fsp3) is 0.286. The van der Waals surface area contributed by atoms with Gasteiger partial charge in [-0.3, -0.25) is 4.79 Å². The average molecular weight is 453 g/mol. The van der Waals surface area contributed by atoms with Crippen LogP contribution in [0.15, 0.2) is 42.5 Å². The molecule has 0 aliphatic rings. The lowest BCUT2D eigenvalue weighted by atomic mass is 10.1. The molecule has 0 aliphatic heterocycles. The van der Waals surface area contributed by atoms with E-state index in [-0.39, 0.29) is 22.0 Å². The van der Waals surface area contributed by atoms with E-state index in [2.05, 4.69) is 10.1 Å². The summed E-state index contributed by atoms with van der Waals surface area (Å²) in [5, 5.41) is 3.18. The van der Waals surface area contributed by atoms with Crippen LogP contribution in [0.3, 0.4) is 0 Å². The SMILES string of the molecule is CC(C)(C)OC(=O)OC(=O)[C@@H](N)Cc1ccc(NC(=O)c2c(Cl)cccc2Cl)cc1. The van der Waals surface area contributed by atoms with Gasteiger partial charge in [-0.1, -0.05) is 41.4 Å². The number of rotatable bonds is 5. The number of esters is 1. The van der Waals surface area contributed by atoms with E-state index < -0.39 is 29.7 Å². The zero-order valence-electron chi connectivity index (χ0n) is 16.7. The number of ether oxygens (including phenoxy) is 2. The van der Waals surface area contributed by atoms with E-state index in [0.717, 1.165) is 0 Å². The van der Waals surface area contributed by atoms with Crippen LogP contribution in [0.2, 0.25) is 10.0 Å². The lowest BCUT2D eigenvalue weighted by molar-refractivity contribution is -0.142. The smallest absolute Gasteiger partial charge is 0.428 e. The highest BCUT2D eigenvalue weighted by atomic mass is 35.5. The molecule has 1 amide bonds. The number of anilines is 1. The Balaban J connectivity index is 1.95. The van der Waals surface area contributed by atoms with Crippen molar-refractivity contribution in [3.05, 3.63) is 63.6 Å². The highest BCUT2D eigenvalue weighted by Crippen LogP contribution is 2.25. The van der Waals surface area contributed by atoms with Crippen LogP contribution in [-0.2, 0) is 20.7 Å². The molecule has 0 aromatic heterocycles. The monoisotopic (exact) mass is 452 g/mol. The van der Waals surface area contributed by atoms with Gasteiger partial charge in [0.25, 0.3) is 5.91 Å². The summed E-state index contributed by atoms with van der Waals surface area (Å²) in [4.78, 5) is 35.9. The summed E-state index contributed by atoms with van der Waals surface area (Å²) < 4.78 is 9.52. The van der Waals surface area contributed by atoms with Crippen molar-refractivity contribution in [1.29, 1.82) is 0 Å². The number of amides is 1. The Kier molecular flexibility index (Phi) is 7.83. The number of carbonyl (C=O) groups is 3. The molecule has 2 aromatic carbocycles. The minimum atomic E-state index is -1.10. The van der Waals surface area contributed by atoms with Crippen molar-refractivity contribution in [2.75, 3.05) is 5.32 Å². The Hall–Kier alpha value is -2.61. The molecule has 0 aliphatic carbocycles. The summed E-state index contributed by atoms with van der Waals surface area (Å²) in [5.74, 6) is -1.34. The zero-order chi connectivity index (χ0) is 22.5. The van der Waals surface area contributed by atoms with Gasteiger partial charge >= 0.3 is 12.1 Å². The van der Waals surface area contributed by atoms with Crippen molar-refractivity contribution in [1.82, 2.24) is 0 Å². The van der Waals surface area contributed by atoms with Crippen LogP contribution in [0.1, 0.15) is 36.7 Å². The summed E-state index contributed by atoms with van der Waals surface area (Å²) in [7, 11) is 0. The fourth-order valence-electron chi connectivity index (χ4n) is 2.40. The molecule has 0 radical (unpaired) electrons. The maximum atomic E-state index is 12.4. The van der Waals surface area contributed by atoms with Gasteiger partial charge in [0.15, 0.2) is 0 Å². The van der Waals surface area contributed by atoms with E-state index in [1.54, 1.807) is 63.2 Å². The number of hydrogen-bond acceptors (Lipinski definition) is 6. The number of carbonyl (C=O) groups excluding carboxylic acids is 3. The Bertz CT molecular complexity index is 919. The van der Waals surface area contributed by atoms with E-state index in [9.17, 15) is 14.4 Å². The van der Waals surface area contributed by atoms with Crippen molar-refractivity contribution in [3.8, 4) is 0 Å². The maximum Gasteiger partial charge on any atom is 0.516 e. The standard InChI is InChI=1S/C21H22Cl2N2O5/c1-21(2,3)30-20(28)29-19(27)16(24)11-12-7-9-13(10-8-12)25-18(26)17-14(22)5-4-6-15(17)23/h4-10,16H,11,24H2,1-3H3,(H,25,26)/t16-/m0/s1. The first-order valence-corrected chi connectivity index (χ1v) is 9.76. The third-order valence-electron chi connectivity index (χ3n) is 3.73. The molecule has 2 aromatic rings. The minimum absolute atomic E-state index is 0.131. The molecule has 0 saturated heterocycles. The molecule has 0 fully saturated rings. The summed E-state index contributed by atoms with van der Waals surface area (Å²) in [6.45, 7) is 4.95. The fourth-order valence-corrected chi connectivity index (χ4v) is 2.97. The number of nitrogens with one attached hydrogen (secondary N) is 1. The predicted molar refractivity (Wildman–Crippen MR) is 115 cm³/mol. The van der Waals surface area contributed by atoms with E-state index in [0.29, 0.717) is 11.3 Å². The molecule has 0 bridgehead atoms. The molecular weight excluding hydrogens is 431 g/mol. The van der Waals surface area contributed by atoms with E-state index >= 15 is 0 Å². The van der Waals surface area contributed by atoms with Gasteiger partial charge < -0.3 is 20.5 Å². The number of benzene rings is 2. The second kappa shape index (κ2) is 9.93. The van der Waals surface area contributed by atoms with Crippen LogP contribution < -0.4 is 11.1 Å². The van der Waals surface area contributed by atoms with Gasteiger partial charge in [-0.05, 0) is 57.0 Å². The van der Waals surface area contributed by atoms with Crippen LogP contribution in [0, 0.1) is 0 Å². The molecule has 7 nitrogen and oxygen atoms in total. The summed E-state index contributed by atoms with van der Waals surface area (Å²) >= 11 is 12.1. The third-order valence-corrected chi connectivity index (χ3v) is 4.36. The largest absolute Gasteiger partial charge is 0.516 e. The summed E-state index contributed by atoms with van der Waals surface area (Å²) in [6, 6.07) is 10.4. The Morgan fingerprint density at radius 1 is 1.03 bits per heavy atom. The second-order valence-corrected chi connectivity index (χ2v) is 8.26. The quantitative estimate of drug-likeness (QED) is 0.506. The number of hydrogen-bond donors (Lipinski definition) is 2. The normalized spacial score (nSPS) is 12.1. The van der Waals surface area contributed by atoms with Crippen LogP contribution in [0.4, 0.5) is 10.5 Å². The van der Waals surface area contributed by atoms with Crippen LogP contribution in [-0.4, -0.2) is 29.7 Å². The van der Waals surface area contributed by atoms with Gasteiger partial charge in [-0.15, -0.1) is 0 Å². The van der Waals surface area contributed by atoms with Gasteiger partial charge in [0.1, 0.15) is 11.6 Å². The topological polar surface area (TPSA) is 108 Å². The average Bonchev–Trinajstić information content (AvgIpc) is 2.61. The molecule has 2 rings (SSSR count). The molecule has 1 atom stereocenters. The van der Waals surface area contributed by atoms with Crippen molar-refractivity contribution in [3.63, 3.8) is 0 Å². The molecule has 0 unspecified atom stereocenters. The van der Waals surface area contributed by atoms with Crippen molar-refractivity contribution in [2.45, 2.75) is 38.8 Å². The van der Waals surface area contributed by atoms with Crippen molar-refractivity contribution in [2.24, 2.45) is 5.73 Å². The molecule has 0 saturated carbocycles.